The number of alkyl halides is 1. The van der Waals surface area contributed by atoms with Crippen LogP contribution in [0.5, 0.6) is 5.75 Å². The summed E-state index contributed by atoms with van der Waals surface area (Å²) >= 11 is 0. The smallest absolute Gasteiger partial charge is 0.165 e. The van der Waals surface area contributed by atoms with Gasteiger partial charge in [-0.2, -0.15) is 0 Å². The Hall–Kier alpha value is -2.49. The van der Waals surface area contributed by atoms with E-state index in [0.717, 1.165) is 18.9 Å². The molecule has 136 valence electrons. The molecule has 0 radical (unpaired) electrons. The van der Waals surface area contributed by atoms with Crippen molar-refractivity contribution in [2.45, 2.75) is 31.9 Å². The third kappa shape index (κ3) is 3.85. The molecule has 2 aromatic carbocycles. The molecule has 0 aromatic heterocycles. The van der Waals surface area contributed by atoms with Crippen molar-refractivity contribution < 1.29 is 17.9 Å². The zero-order chi connectivity index (χ0) is 18.6. The lowest BCUT2D eigenvalue weighted by molar-refractivity contribution is 0.246. The Morgan fingerprint density at radius 3 is 2.65 bits per heavy atom. The van der Waals surface area contributed by atoms with Crippen molar-refractivity contribution >= 4 is 5.57 Å². The molecule has 1 atom stereocenters. The maximum absolute atomic E-state index is 16.0. The van der Waals surface area contributed by atoms with E-state index in [0.29, 0.717) is 17.9 Å². The number of hydrogen-bond acceptors (Lipinski definition) is 1. The van der Waals surface area contributed by atoms with E-state index in [1.165, 1.54) is 30.4 Å². The van der Waals surface area contributed by atoms with Gasteiger partial charge in [-0.1, -0.05) is 37.6 Å². The van der Waals surface area contributed by atoms with Gasteiger partial charge in [0.1, 0.15) is 17.4 Å². The van der Waals surface area contributed by atoms with Crippen LogP contribution in [0.25, 0.3) is 5.57 Å². The van der Waals surface area contributed by atoms with E-state index in [4.69, 9.17) is 4.74 Å². The van der Waals surface area contributed by atoms with E-state index in [1.54, 1.807) is 24.3 Å². The molecule has 0 spiro atoms. The highest BCUT2D eigenvalue weighted by molar-refractivity contribution is 5.77. The van der Waals surface area contributed by atoms with E-state index in [2.05, 4.69) is 6.92 Å². The van der Waals surface area contributed by atoms with Crippen molar-refractivity contribution in [2.24, 2.45) is 0 Å². The Balaban J connectivity index is 1.99. The van der Waals surface area contributed by atoms with Gasteiger partial charge in [0.2, 0.25) is 0 Å². The third-order valence-corrected chi connectivity index (χ3v) is 4.48. The van der Waals surface area contributed by atoms with Gasteiger partial charge in [-0.3, -0.25) is 0 Å². The molecule has 0 amide bonds. The lowest BCUT2D eigenvalue weighted by Crippen LogP contribution is -2.24. The summed E-state index contributed by atoms with van der Waals surface area (Å²) in [6.07, 6.45) is 4.11. The topological polar surface area (TPSA) is 9.23 Å². The minimum Gasteiger partial charge on any atom is -0.494 e. The summed E-state index contributed by atoms with van der Waals surface area (Å²) < 4.78 is 49.2. The van der Waals surface area contributed by atoms with Crippen LogP contribution in [0.3, 0.4) is 0 Å². The van der Waals surface area contributed by atoms with Gasteiger partial charge in [-0.15, -0.1) is 0 Å². The summed E-state index contributed by atoms with van der Waals surface area (Å²) in [4.78, 5) is 0. The second-order valence-electron chi connectivity index (χ2n) is 6.39. The van der Waals surface area contributed by atoms with Crippen LogP contribution in [-0.2, 0) is 5.67 Å². The molecule has 3 rings (SSSR count). The second-order valence-corrected chi connectivity index (χ2v) is 6.39. The molecule has 1 aliphatic carbocycles. The SMILES string of the molecule is CCCCOc1cccc(C2=CC(F)=CCC2(F)c2cccc(F)c2)c1. The maximum Gasteiger partial charge on any atom is 0.165 e. The van der Waals surface area contributed by atoms with Gasteiger partial charge < -0.3 is 4.74 Å². The van der Waals surface area contributed by atoms with Crippen molar-refractivity contribution in [3.63, 3.8) is 0 Å². The number of benzene rings is 2. The van der Waals surface area contributed by atoms with Crippen LogP contribution in [0.1, 0.15) is 37.3 Å². The summed E-state index contributed by atoms with van der Waals surface area (Å²) in [7, 11) is 0. The number of hydrogen-bond donors (Lipinski definition) is 0. The third-order valence-electron chi connectivity index (χ3n) is 4.48. The molecule has 0 bridgehead atoms. The summed E-state index contributed by atoms with van der Waals surface area (Å²) in [6, 6.07) is 12.4. The second kappa shape index (κ2) is 7.81. The highest BCUT2D eigenvalue weighted by atomic mass is 19.1. The van der Waals surface area contributed by atoms with Gasteiger partial charge in [0.15, 0.2) is 5.67 Å². The molecular weight excluding hydrogens is 337 g/mol. The number of halogens is 3. The van der Waals surface area contributed by atoms with Gasteiger partial charge in [0.05, 0.1) is 6.61 Å². The summed E-state index contributed by atoms with van der Waals surface area (Å²) in [5.41, 5.74) is -1.14. The van der Waals surface area contributed by atoms with Gasteiger partial charge in [0.25, 0.3) is 0 Å². The van der Waals surface area contributed by atoms with Crippen LogP contribution in [0.15, 0.2) is 66.5 Å². The average Bonchev–Trinajstić information content (AvgIpc) is 2.64. The lowest BCUT2D eigenvalue weighted by Gasteiger charge is -2.30. The van der Waals surface area contributed by atoms with Crippen LogP contribution < -0.4 is 4.74 Å². The van der Waals surface area contributed by atoms with E-state index >= 15 is 4.39 Å². The number of ether oxygens (including phenoxy) is 1. The molecule has 1 aliphatic rings. The van der Waals surface area contributed by atoms with Gasteiger partial charge >= 0.3 is 0 Å². The molecule has 0 N–H and O–H groups in total. The van der Waals surface area contributed by atoms with Crippen LogP contribution in [0.4, 0.5) is 13.2 Å². The fraction of sp³-hybridized carbons (Fsp3) is 0.273. The first kappa shape index (κ1) is 18.3. The Morgan fingerprint density at radius 1 is 1.08 bits per heavy atom. The Bertz CT molecular complexity index is 841. The highest BCUT2D eigenvalue weighted by Crippen LogP contribution is 2.47. The summed E-state index contributed by atoms with van der Waals surface area (Å²) in [6.45, 7) is 2.64. The van der Waals surface area contributed by atoms with E-state index in [9.17, 15) is 8.78 Å². The fourth-order valence-corrected chi connectivity index (χ4v) is 3.07. The predicted octanol–water partition coefficient (Wildman–Crippen LogP) is 6.51. The van der Waals surface area contributed by atoms with Crippen LogP contribution in [0, 0.1) is 5.82 Å². The number of rotatable bonds is 6. The van der Waals surface area contributed by atoms with Crippen molar-refractivity contribution in [2.75, 3.05) is 6.61 Å². The normalized spacial score (nSPS) is 19.7. The minimum atomic E-state index is -2.00. The van der Waals surface area contributed by atoms with E-state index in [1.807, 2.05) is 0 Å². The molecule has 2 aromatic rings. The molecular formula is C22H21F3O. The molecule has 0 aliphatic heterocycles. The zero-order valence-corrected chi connectivity index (χ0v) is 14.6. The molecule has 4 heteroatoms. The van der Waals surface area contributed by atoms with Gasteiger partial charge in [-0.25, -0.2) is 13.2 Å². The molecule has 26 heavy (non-hydrogen) atoms. The minimum absolute atomic E-state index is 0.170. The molecule has 0 saturated carbocycles. The van der Waals surface area contributed by atoms with Crippen LogP contribution in [-0.4, -0.2) is 6.61 Å². The zero-order valence-electron chi connectivity index (χ0n) is 14.6. The quantitative estimate of drug-likeness (QED) is 0.535. The van der Waals surface area contributed by atoms with Gasteiger partial charge in [0, 0.05) is 12.0 Å². The number of unbranched alkanes of at least 4 members (excludes halogenated alkanes) is 1. The van der Waals surface area contributed by atoms with Crippen molar-refractivity contribution in [3.8, 4) is 5.75 Å². The average molecular weight is 358 g/mol. The summed E-state index contributed by atoms with van der Waals surface area (Å²) in [5, 5.41) is 0. The lowest BCUT2D eigenvalue weighted by atomic mass is 9.78. The molecule has 0 heterocycles. The first-order valence-electron chi connectivity index (χ1n) is 8.79. The van der Waals surface area contributed by atoms with Crippen LogP contribution >= 0.6 is 0 Å². The predicted molar refractivity (Wildman–Crippen MR) is 97.8 cm³/mol. The molecule has 1 unspecified atom stereocenters. The first-order chi connectivity index (χ1) is 12.5. The van der Waals surface area contributed by atoms with Crippen molar-refractivity contribution in [1.82, 2.24) is 0 Å². The molecule has 0 fully saturated rings. The molecule has 1 nitrogen and oxygen atoms in total. The Kier molecular flexibility index (Phi) is 5.50. The molecule has 0 saturated heterocycles. The standard InChI is InChI=1S/C22H21F3O/c1-2-3-12-26-20-9-4-6-16(13-20)21-15-19(24)10-11-22(21,25)17-7-5-8-18(23)14-17/h4-10,13-15H,2-3,11-12H2,1H3. The monoisotopic (exact) mass is 358 g/mol. The van der Waals surface area contributed by atoms with Crippen molar-refractivity contribution in [3.05, 3.63) is 83.5 Å². The number of allylic oxidation sites excluding steroid dienone is 4. The highest BCUT2D eigenvalue weighted by Gasteiger charge is 2.39. The van der Waals surface area contributed by atoms with E-state index in [-0.39, 0.29) is 17.6 Å². The van der Waals surface area contributed by atoms with Gasteiger partial charge in [-0.05, 0) is 54.0 Å². The largest absolute Gasteiger partial charge is 0.494 e. The van der Waals surface area contributed by atoms with Crippen LogP contribution in [0.2, 0.25) is 0 Å². The fourth-order valence-electron chi connectivity index (χ4n) is 3.07. The van der Waals surface area contributed by atoms with E-state index < -0.39 is 17.3 Å². The Labute approximate surface area is 151 Å². The Morgan fingerprint density at radius 2 is 1.88 bits per heavy atom. The van der Waals surface area contributed by atoms with Crippen molar-refractivity contribution in [1.29, 1.82) is 0 Å². The summed E-state index contributed by atoms with van der Waals surface area (Å²) in [5.74, 6) is -0.416. The maximum atomic E-state index is 16.0. The first-order valence-corrected chi connectivity index (χ1v) is 8.79.